The van der Waals surface area contributed by atoms with Crippen LogP contribution in [0.3, 0.4) is 0 Å². The molecule has 2 N–H and O–H groups in total. The Hall–Kier alpha value is -2.48. The fraction of sp³-hybridized carbons (Fsp3) is 0.552. The third-order valence-electron chi connectivity index (χ3n) is 7.48. The van der Waals surface area contributed by atoms with Crippen LogP contribution in [0.2, 0.25) is 5.02 Å². The number of benzene rings is 1. The molecule has 7 nitrogen and oxygen atoms in total. The molecule has 2 fully saturated rings. The lowest BCUT2D eigenvalue weighted by Gasteiger charge is -2.59. The summed E-state index contributed by atoms with van der Waals surface area (Å²) < 4.78 is 11.4. The number of ether oxygens (including phenoxy) is 2. The SMILES string of the molecule is CCC[C@@H](O)COc1ccc(Cl)c(-c2nc(C(C(C)=N)=C(C)C)c(C)c(N3CC4(CC(OC)C4)C3)n2)c1. The van der Waals surface area contributed by atoms with E-state index >= 15 is 0 Å². The van der Waals surface area contributed by atoms with Crippen molar-refractivity contribution in [1.82, 2.24) is 9.97 Å². The number of nitrogens with one attached hydrogen (secondary N) is 1. The zero-order valence-electron chi connectivity index (χ0n) is 22.8. The third kappa shape index (κ3) is 5.69. The third-order valence-corrected chi connectivity index (χ3v) is 7.81. The molecule has 0 radical (unpaired) electrons. The molecule has 1 spiro atoms. The number of aliphatic hydroxyl groups excluding tert-OH is 1. The molecular weight excluding hydrogens is 488 g/mol. The van der Waals surface area contributed by atoms with Crippen molar-refractivity contribution in [3.63, 3.8) is 0 Å². The van der Waals surface area contributed by atoms with Crippen molar-refractivity contribution in [1.29, 1.82) is 5.41 Å². The number of rotatable bonds is 10. The molecule has 1 aromatic heterocycles. The van der Waals surface area contributed by atoms with Crippen molar-refractivity contribution in [2.75, 3.05) is 31.7 Å². The van der Waals surface area contributed by atoms with Gasteiger partial charge in [0.15, 0.2) is 5.82 Å². The number of anilines is 1. The van der Waals surface area contributed by atoms with Crippen LogP contribution in [0.4, 0.5) is 5.82 Å². The van der Waals surface area contributed by atoms with E-state index in [1.807, 2.05) is 33.8 Å². The summed E-state index contributed by atoms with van der Waals surface area (Å²) in [5.74, 6) is 1.99. The molecular formula is C29H39ClN4O3. The van der Waals surface area contributed by atoms with Gasteiger partial charge in [0.1, 0.15) is 18.2 Å². The van der Waals surface area contributed by atoms with Crippen LogP contribution < -0.4 is 9.64 Å². The average Bonchev–Trinajstić information content (AvgIpc) is 2.78. The summed E-state index contributed by atoms with van der Waals surface area (Å²) in [6.45, 7) is 12.0. The molecule has 4 rings (SSSR count). The van der Waals surface area contributed by atoms with Gasteiger partial charge in [-0.3, -0.25) is 0 Å². The molecule has 1 atom stereocenters. The minimum Gasteiger partial charge on any atom is -0.491 e. The predicted octanol–water partition coefficient (Wildman–Crippen LogP) is 6.09. The van der Waals surface area contributed by atoms with Crippen LogP contribution in [0.5, 0.6) is 5.75 Å². The number of methoxy groups -OCH3 is 1. The Bertz CT molecular complexity index is 1190. The van der Waals surface area contributed by atoms with Gasteiger partial charge in [0, 0.05) is 48.0 Å². The van der Waals surface area contributed by atoms with Crippen LogP contribution in [0.25, 0.3) is 17.0 Å². The average molecular weight is 527 g/mol. The Morgan fingerprint density at radius 2 is 1.95 bits per heavy atom. The summed E-state index contributed by atoms with van der Waals surface area (Å²) >= 11 is 6.66. The van der Waals surface area contributed by atoms with Crippen molar-refractivity contribution in [2.24, 2.45) is 5.41 Å². The second kappa shape index (κ2) is 11.1. The minimum absolute atomic E-state index is 0.216. The summed E-state index contributed by atoms with van der Waals surface area (Å²) in [5.41, 5.74) is 5.02. The topological polar surface area (TPSA) is 91.6 Å². The molecule has 200 valence electrons. The second-order valence-electron chi connectivity index (χ2n) is 10.9. The lowest BCUT2D eigenvalue weighted by Crippen LogP contribution is -2.64. The summed E-state index contributed by atoms with van der Waals surface area (Å²) in [6, 6.07) is 5.42. The predicted molar refractivity (Wildman–Crippen MR) is 150 cm³/mol. The highest BCUT2D eigenvalue weighted by atomic mass is 35.5. The van der Waals surface area contributed by atoms with Crippen LogP contribution in [-0.2, 0) is 4.74 Å². The first-order valence-electron chi connectivity index (χ1n) is 13.1. The molecule has 2 aliphatic rings. The van der Waals surface area contributed by atoms with E-state index in [9.17, 15) is 5.11 Å². The van der Waals surface area contributed by atoms with E-state index in [0.29, 0.717) is 45.8 Å². The first-order valence-corrected chi connectivity index (χ1v) is 13.5. The van der Waals surface area contributed by atoms with Crippen LogP contribution in [-0.4, -0.2) is 59.8 Å². The Balaban J connectivity index is 1.73. The number of halogens is 1. The van der Waals surface area contributed by atoms with Crippen LogP contribution in [0.15, 0.2) is 23.8 Å². The fourth-order valence-electron chi connectivity index (χ4n) is 5.58. The van der Waals surface area contributed by atoms with Crippen LogP contribution >= 0.6 is 11.6 Å². The van der Waals surface area contributed by atoms with Gasteiger partial charge in [0.05, 0.1) is 22.9 Å². The molecule has 0 unspecified atom stereocenters. The maximum Gasteiger partial charge on any atom is 0.163 e. The van der Waals surface area contributed by atoms with Gasteiger partial charge in [0.25, 0.3) is 0 Å². The highest BCUT2D eigenvalue weighted by Crippen LogP contribution is 2.51. The summed E-state index contributed by atoms with van der Waals surface area (Å²) in [7, 11) is 1.79. The number of aromatic nitrogens is 2. The van der Waals surface area contributed by atoms with E-state index in [4.69, 9.17) is 36.5 Å². The lowest BCUT2D eigenvalue weighted by atomic mass is 9.61. The second-order valence-corrected chi connectivity index (χ2v) is 11.3. The lowest BCUT2D eigenvalue weighted by molar-refractivity contribution is -0.0733. The van der Waals surface area contributed by atoms with E-state index in [-0.39, 0.29) is 6.61 Å². The van der Waals surface area contributed by atoms with E-state index in [2.05, 4.69) is 4.90 Å². The summed E-state index contributed by atoms with van der Waals surface area (Å²) in [6.07, 6.45) is 3.58. The first-order chi connectivity index (χ1) is 17.6. The van der Waals surface area contributed by atoms with Crippen molar-refractivity contribution >= 4 is 28.7 Å². The van der Waals surface area contributed by atoms with Gasteiger partial charge in [-0.2, -0.15) is 0 Å². The normalized spacial score (nSPS) is 17.2. The van der Waals surface area contributed by atoms with Gasteiger partial charge in [-0.1, -0.05) is 30.5 Å². The molecule has 1 aromatic carbocycles. The molecule has 0 amide bonds. The first kappa shape index (κ1) is 27.6. The quantitative estimate of drug-likeness (QED) is 0.364. The number of hydrogen-bond donors (Lipinski definition) is 2. The van der Waals surface area contributed by atoms with E-state index in [0.717, 1.165) is 60.6 Å². The molecule has 1 aliphatic carbocycles. The molecule has 2 heterocycles. The number of nitrogens with zero attached hydrogens (tertiary/aromatic N) is 3. The smallest absolute Gasteiger partial charge is 0.163 e. The highest BCUT2D eigenvalue weighted by Gasteiger charge is 2.53. The maximum absolute atomic E-state index is 10.1. The monoisotopic (exact) mass is 526 g/mol. The van der Waals surface area contributed by atoms with Crippen molar-refractivity contribution < 1.29 is 14.6 Å². The van der Waals surface area contributed by atoms with Crippen LogP contribution in [0, 0.1) is 17.7 Å². The fourth-order valence-corrected chi connectivity index (χ4v) is 5.79. The Morgan fingerprint density at radius 3 is 2.54 bits per heavy atom. The van der Waals surface area contributed by atoms with Crippen molar-refractivity contribution in [3.8, 4) is 17.1 Å². The Labute approximate surface area is 225 Å². The number of aliphatic hydroxyl groups is 1. The molecule has 37 heavy (non-hydrogen) atoms. The van der Waals surface area contributed by atoms with Gasteiger partial charge < -0.3 is 24.9 Å². The van der Waals surface area contributed by atoms with Gasteiger partial charge >= 0.3 is 0 Å². The summed E-state index contributed by atoms with van der Waals surface area (Å²) in [4.78, 5) is 12.3. The molecule has 2 aromatic rings. The molecule has 8 heteroatoms. The minimum atomic E-state index is -0.517. The van der Waals surface area contributed by atoms with E-state index < -0.39 is 6.10 Å². The van der Waals surface area contributed by atoms with Crippen molar-refractivity contribution in [3.05, 3.63) is 40.1 Å². The summed E-state index contributed by atoms with van der Waals surface area (Å²) in [5, 5.41) is 19.1. The van der Waals surface area contributed by atoms with Gasteiger partial charge in [-0.05, 0) is 65.2 Å². The number of allylic oxidation sites excluding steroid dienone is 2. The molecule has 1 saturated carbocycles. The van der Waals surface area contributed by atoms with Gasteiger partial charge in [0.2, 0.25) is 0 Å². The van der Waals surface area contributed by atoms with Crippen LogP contribution in [0.1, 0.15) is 64.6 Å². The zero-order valence-corrected chi connectivity index (χ0v) is 23.6. The van der Waals surface area contributed by atoms with Crippen molar-refractivity contribution in [2.45, 2.75) is 72.5 Å². The Kier molecular flexibility index (Phi) is 8.26. The molecule has 1 aliphatic heterocycles. The maximum atomic E-state index is 10.1. The molecule has 0 bridgehead atoms. The van der Waals surface area contributed by atoms with E-state index in [1.54, 1.807) is 26.2 Å². The van der Waals surface area contributed by atoms with E-state index in [1.165, 1.54) is 0 Å². The Morgan fingerprint density at radius 1 is 1.24 bits per heavy atom. The standard InChI is InChI=1S/C29H39ClN4O3/c1-7-8-20(35)14-37-21-9-10-24(30)23(11-21)27-32-26(25(17(2)3)19(5)31)18(4)28(33-27)34-15-29(16-34)12-22(13-29)36-6/h9-11,20,22,31,35H,7-8,12-16H2,1-6H3/t20-/m1/s1. The molecule has 1 saturated heterocycles. The largest absolute Gasteiger partial charge is 0.491 e. The zero-order chi connectivity index (χ0) is 26.9. The number of hydrogen-bond acceptors (Lipinski definition) is 7. The van der Waals surface area contributed by atoms with Gasteiger partial charge in [-0.25, -0.2) is 9.97 Å². The van der Waals surface area contributed by atoms with Gasteiger partial charge in [-0.15, -0.1) is 0 Å². The highest BCUT2D eigenvalue weighted by molar-refractivity contribution is 6.33.